The van der Waals surface area contributed by atoms with Gasteiger partial charge in [-0.1, -0.05) is 24.3 Å². The Hall–Kier alpha value is -8.05. The second kappa shape index (κ2) is 15.8. The number of rotatable bonds is 7. The van der Waals surface area contributed by atoms with Crippen LogP contribution in [0.3, 0.4) is 0 Å². The van der Waals surface area contributed by atoms with Crippen molar-refractivity contribution in [2.45, 2.75) is 25.9 Å². The number of amides is 2. The fourth-order valence-corrected chi connectivity index (χ4v) is 6.98. The van der Waals surface area contributed by atoms with Gasteiger partial charge >= 0.3 is 0 Å². The molecule has 0 radical (unpaired) electrons. The SMILES string of the molecule is CC(Nc1ncnc(N)c1C#N)c1cc2ccc(F)cc2nc1-c1ccccn1.C[C@@H](c1cc2ccc(F)cc2nc1-c1ccccn1)N1C(=O)c2ccccc2C1=O. The number of aromatic nitrogens is 6. The van der Waals surface area contributed by atoms with Crippen LogP contribution >= 0.6 is 0 Å². The molecule has 5 aromatic heterocycles. The van der Waals surface area contributed by atoms with Gasteiger partial charge in [-0.3, -0.25) is 24.5 Å². The van der Waals surface area contributed by atoms with Crippen LogP contribution < -0.4 is 11.1 Å². The molecule has 2 amide bonds. The van der Waals surface area contributed by atoms with Crippen molar-refractivity contribution < 1.29 is 18.4 Å². The minimum atomic E-state index is -0.587. The number of nitriles is 1. The molecule has 8 aromatic rings. The van der Waals surface area contributed by atoms with E-state index in [2.05, 4.69) is 35.2 Å². The zero-order chi connectivity index (χ0) is 41.2. The molecular formula is C45H32F2N10O2. The summed E-state index contributed by atoms with van der Waals surface area (Å²) in [5.74, 6) is -0.981. The second-order valence-electron chi connectivity index (χ2n) is 13.6. The van der Waals surface area contributed by atoms with E-state index >= 15 is 0 Å². The maximum atomic E-state index is 13.8. The summed E-state index contributed by atoms with van der Waals surface area (Å²) < 4.78 is 27.5. The second-order valence-corrected chi connectivity index (χ2v) is 13.6. The highest BCUT2D eigenvalue weighted by Gasteiger charge is 2.39. The van der Waals surface area contributed by atoms with Gasteiger partial charge in [0.15, 0.2) is 0 Å². The molecule has 0 spiro atoms. The third kappa shape index (κ3) is 7.36. The van der Waals surface area contributed by atoms with Crippen LogP contribution in [0.5, 0.6) is 0 Å². The predicted octanol–water partition coefficient (Wildman–Crippen LogP) is 8.65. The van der Waals surface area contributed by atoms with Crippen LogP contribution in [0.15, 0.2) is 128 Å². The van der Waals surface area contributed by atoms with Gasteiger partial charge in [-0.25, -0.2) is 28.7 Å². The molecule has 288 valence electrons. The van der Waals surface area contributed by atoms with Crippen LogP contribution in [0.2, 0.25) is 0 Å². The lowest BCUT2D eigenvalue weighted by Crippen LogP contribution is -2.33. The lowest BCUT2D eigenvalue weighted by Gasteiger charge is -2.25. The monoisotopic (exact) mass is 782 g/mol. The minimum absolute atomic E-state index is 0.106. The summed E-state index contributed by atoms with van der Waals surface area (Å²) in [6, 6.07) is 31.5. The largest absolute Gasteiger partial charge is 0.382 e. The third-order valence-corrected chi connectivity index (χ3v) is 9.90. The average molecular weight is 783 g/mol. The summed E-state index contributed by atoms with van der Waals surface area (Å²) in [5, 5.41) is 14.1. The molecule has 1 aliphatic rings. The number of hydrogen-bond acceptors (Lipinski definition) is 11. The fraction of sp³-hybridized carbons (Fsp3) is 0.0889. The van der Waals surface area contributed by atoms with Gasteiger partial charge < -0.3 is 11.1 Å². The molecule has 0 saturated heterocycles. The van der Waals surface area contributed by atoms with E-state index < -0.39 is 6.04 Å². The number of halogens is 2. The molecule has 2 atom stereocenters. The third-order valence-electron chi connectivity index (χ3n) is 9.90. The first-order valence-corrected chi connectivity index (χ1v) is 18.4. The van der Waals surface area contributed by atoms with Crippen LogP contribution in [-0.2, 0) is 0 Å². The number of nitrogens with one attached hydrogen (secondary N) is 1. The number of nitrogens with two attached hydrogens (primary N) is 1. The Morgan fingerprint density at radius 2 is 1.20 bits per heavy atom. The van der Waals surface area contributed by atoms with Gasteiger partial charge in [0.2, 0.25) is 0 Å². The van der Waals surface area contributed by atoms with E-state index in [1.807, 2.05) is 49.4 Å². The highest BCUT2D eigenvalue weighted by Crippen LogP contribution is 2.37. The number of carbonyl (C=O) groups excluding carboxylic acids is 2. The maximum absolute atomic E-state index is 13.8. The van der Waals surface area contributed by atoms with Crippen molar-refractivity contribution in [3.63, 3.8) is 0 Å². The van der Waals surface area contributed by atoms with Crippen LogP contribution in [0.4, 0.5) is 20.4 Å². The van der Waals surface area contributed by atoms with Gasteiger partial charge in [-0.15, -0.1) is 0 Å². The normalized spacial score (nSPS) is 13.0. The van der Waals surface area contributed by atoms with Crippen LogP contribution in [0, 0.1) is 23.0 Å². The van der Waals surface area contributed by atoms with Gasteiger partial charge in [-0.05, 0) is 86.6 Å². The number of carbonyl (C=O) groups is 2. The molecule has 12 nitrogen and oxygen atoms in total. The zero-order valence-corrected chi connectivity index (χ0v) is 31.5. The Labute approximate surface area is 336 Å². The topological polar surface area (TPSA) is 177 Å². The van der Waals surface area contributed by atoms with Gasteiger partial charge in [-0.2, -0.15) is 5.26 Å². The summed E-state index contributed by atoms with van der Waals surface area (Å²) in [4.78, 5) is 53.3. The summed E-state index contributed by atoms with van der Waals surface area (Å²) in [6.45, 7) is 3.71. The highest BCUT2D eigenvalue weighted by atomic mass is 19.1. The number of anilines is 2. The highest BCUT2D eigenvalue weighted by molar-refractivity contribution is 6.21. The molecule has 59 heavy (non-hydrogen) atoms. The van der Waals surface area contributed by atoms with Crippen molar-refractivity contribution in [2.75, 3.05) is 11.1 Å². The minimum Gasteiger partial charge on any atom is -0.382 e. The Bertz CT molecular complexity index is 2930. The number of nitrogens with zero attached hydrogens (tertiary/aromatic N) is 8. The quantitative estimate of drug-likeness (QED) is 0.148. The number of pyridine rings is 4. The lowest BCUT2D eigenvalue weighted by atomic mass is 10.00. The number of nitrogen functional groups attached to an aromatic ring is 1. The maximum Gasteiger partial charge on any atom is 0.262 e. The van der Waals surface area contributed by atoms with E-state index in [1.54, 1.807) is 67.8 Å². The standard InChI is InChI=1S/C24H16FN3O2.C21H16FN7/c1-14(28-23(29)17-6-2-3-7-18(17)24(28)30)19-12-15-9-10-16(25)13-21(15)27-22(19)20-8-4-5-11-26-20;1-12(28-21-16(10-23)20(24)26-11-27-21)15-8-13-5-6-14(22)9-18(13)29-19(15)17-4-2-3-7-25-17/h2-14H,1H3;2-9,11-12H,1H3,(H3,24,26,27,28)/t14-;/m0./s1. The summed E-state index contributed by atoms with van der Waals surface area (Å²) in [5.41, 5.74) is 11.6. The Morgan fingerprint density at radius 3 is 1.73 bits per heavy atom. The smallest absolute Gasteiger partial charge is 0.262 e. The van der Waals surface area contributed by atoms with Crippen LogP contribution in [0.25, 0.3) is 44.6 Å². The van der Waals surface area contributed by atoms with E-state index in [0.717, 1.165) is 16.3 Å². The van der Waals surface area contributed by atoms with E-state index in [9.17, 15) is 23.6 Å². The van der Waals surface area contributed by atoms with Crippen molar-refractivity contribution >= 4 is 45.3 Å². The average Bonchev–Trinajstić information content (AvgIpc) is 3.51. The Kier molecular flexibility index (Phi) is 10.2. The van der Waals surface area contributed by atoms with Gasteiger partial charge in [0.1, 0.15) is 41.2 Å². The van der Waals surface area contributed by atoms with Gasteiger partial charge in [0.25, 0.3) is 11.8 Å². The van der Waals surface area contributed by atoms with Crippen molar-refractivity contribution in [2.24, 2.45) is 0 Å². The first-order valence-electron chi connectivity index (χ1n) is 18.4. The first-order chi connectivity index (χ1) is 28.6. The van der Waals surface area contributed by atoms with Crippen molar-refractivity contribution in [1.82, 2.24) is 34.8 Å². The Morgan fingerprint density at radius 1 is 0.678 bits per heavy atom. The summed E-state index contributed by atoms with van der Waals surface area (Å²) >= 11 is 0. The van der Waals surface area contributed by atoms with E-state index in [4.69, 9.17) is 5.73 Å². The van der Waals surface area contributed by atoms with Crippen molar-refractivity contribution in [3.05, 3.63) is 167 Å². The van der Waals surface area contributed by atoms with Gasteiger partial charge in [0.05, 0.1) is 57.0 Å². The van der Waals surface area contributed by atoms with E-state index in [-0.39, 0.29) is 40.9 Å². The van der Waals surface area contributed by atoms with Crippen molar-refractivity contribution in [1.29, 1.82) is 5.26 Å². The molecule has 0 bridgehead atoms. The van der Waals surface area contributed by atoms with Crippen LogP contribution in [0.1, 0.15) is 63.3 Å². The zero-order valence-electron chi connectivity index (χ0n) is 31.5. The molecule has 1 aliphatic heterocycles. The lowest BCUT2D eigenvalue weighted by molar-refractivity contribution is 0.0595. The fourth-order valence-electron chi connectivity index (χ4n) is 6.98. The molecule has 9 rings (SSSR count). The molecule has 1 unspecified atom stereocenters. The molecule has 0 aliphatic carbocycles. The number of hydrogen-bond donors (Lipinski definition) is 2. The van der Waals surface area contributed by atoms with Crippen LogP contribution in [-0.4, -0.2) is 46.6 Å². The summed E-state index contributed by atoms with van der Waals surface area (Å²) in [7, 11) is 0. The number of fused-ring (bicyclic) bond motifs is 3. The predicted molar refractivity (Wildman–Crippen MR) is 218 cm³/mol. The summed E-state index contributed by atoms with van der Waals surface area (Å²) in [6.07, 6.45) is 4.61. The first kappa shape index (κ1) is 37.9. The molecule has 14 heteroatoms. The van der Waals surface area contributed by atoms with E-state index in [1.165, 1.54) is 35.5 Å². The van der Waals surface area contributed by atoms with Crippen molar-refractivity contribution in [3.8, 4) is 28.8 Å². The molecule has 0 fully saturated rings. The molecule has 3 N–H and O–H groups in total. The molecule has 6 heterocycles. The molecule has 3 aromatic carbocycles. The molecular weight excluding hydrogens is 751 g/mol. The number of benzene rings is 3. The Balaban J connectivity index is 0.000000164. The van der Waals surface area contributed by atoms with Gasteiger partial charge in [0, 0.05) is 46.4 Å². The number of imide groups is 1. The molecule has 0 saturated carbocycles. The van der Waals surface area contributed by atoms with E-state index in [0.29, 0.717) is 56.3 Å².